The third-order valence-corrected chi connectivity index (χ3v) is 3.56. The van der Waals surface area contributed by atoms with Gasteiger partial charge in [-0.25, -0.2) is 0 Å². The van der Waals surface area contributed by atoms with Gasteiger partial charge in [-0.2, -0.15) is 0 Å². The van der Waals surface area contributed by atoms with Crippen molar-refractivity contribution in [2.75, 3.05) is 25.5 Å². The fraction of sp³-hybridized carbons (Fsp3) is 0.250. The van der Waals surface area contributed by atoms with Gasteiger partial charge in [0.25, 0.3) is 5.91 Å². The van der Waals surface area contributed by atoms with Crippen molar-refractivity contribution in [1.82, 2.24) is 0 Å². The van der Waals surface area contributed by atoms with Crippen LogP contribution in [0.2, 0.25) is 0 Å². The molecule has 0 aliphatic heterocycles. The maximum absolute atomic E-state index is 12.1. The molecule has 1 unspecified atom stereocenters. The molecule has 0 aromatic heterocycles. The van der Waals surface area contributed by atoms with Crippen molar-refractivity contribution in [3.63, 3.8) is 0 Å². The fourth-order valence-corrected chi connectivity index (χ4v) is 2.47. The molecule has 0 bridgehead atoms. The lowest BCUT2D eigenvalue weighted by Gasteiger charge is -2.14. The topological polar surface area (TPSA) is 42.8 Å². The minimum atomic E-state index is 0.0176. The SMILES string of the molecule is C=CCOc1ccc(C[NH+](C)CC(=O)Nc2cccc(C)c2)cc1. The van der Waals surface area contributed by atoms with Gasteiger partial charge in [0, 0.05) is 11.3 Å². The van der Waals surface area contributed by atoms with E-state index in [1.165, 1.54) is 5.56 Å². The third-order valence-electron chi connectivity index (χ3n) is 3.56. The van der Waals surface area contributed by atoms with Crippen LogP contribution in [0.15, 0.2) is 61.2 Å². The fourth-order valence-electron chi connectivity index (χ4n) is 2.47. The van der Waals surface area contributed by atoms with Gasteiger partial charge in [-0.1, -0.05) is 24.8 Å². The number of aryl methyl sites for hydroxylation is 1. The first-order valence-corrected chi connectivity index (χ1v) is 8.07. The number of rotatable bonds is 8. The molecule has 4 heteroatoms. The highest BCUT2D eigenvalue weighted by atomic mass is 16.5. The zero-order valence-electron chi connectivity index (χ0n) is 14.3. The first-order valence-electron chi connectivity index (χ1n) is 8.07. The number of nitrogens with one attached hydrogen (secondary N) is 2. The summed E-state index contributed by atoms with van der Waals surface area (Å²) in [4.78, 5) is 13.3. The molecule has 2 aromatic carbocycles. The van der Waals surface area contributed by atoms with Crippen molar-refractivity contribution >= 4 is 11.6 Å². The Morgan fingerprint density at radius 2 is 2.00 bits per heavy atom. The summed E-state index contributed by atoms with van der Waals surface area (Å²) < 4.78 is 5.47. The lowest BCUT2D eigenvalue weighted by Crippen LogP contribution is -3.08. The summed E-state index contributed by atoms with van der Waals surface area (Å²) in [5.41, 5.74) is 3.14. The number of amides is 1. The van der Waals surface area contributed by atoms with Gasteiger partial charge >= 0.3 is 0 Å². The predicted octanol–water partition coefficient (Wildman–Crippen LogP) is 2.21. The molecule has 126 valence electrons. The highest BCUT2D eigenvalue weighted by Crippen LogP contribution is 2.11. The zero-order valence-corrected chi connectivity index (χ0v) is 14.3. The minimum absolute atomic E-state index is 0.0176. The van der Waals surface area contributed by atoms with Crippen molar-refractivity contribution in [1.29, 1.82) is 0 Å². The van der Waals surface area contributed by atoms with Crippen molar-refractivity contribution < 1.29 is 14.4 Å². The van der Waals surface area contributed by atoms with Crippen LogP contribution in [0.4, 0.5) is 5.69 Å². The second-order valence-corrected chi connectivity index (χ2v) is 5.97. The monoisotopic (exact) mass is 325 g/mol. The van der Waals surface area contributed by atoms with Crippen LogP contribution in [0.5, 0.6) is 5.75 Å². The molecule has 0 aliphatic rings. The van der Waals surface area contributed by atoms with Crippen molar-refractivity contribution in [3.05, 3.63) is 72.3 Å². The Morgan fingerprint density at radius 1 is 1.25 bits per heavy atom. The molecule has 0 spiro atoms. The molecule has 1 amide bonds. The van der Waals surface area contributed by atoms with Crippen LogP contribution in [0.25, 0.3) is 0 Å². The number of anilines is 1. The lowest BCUT2D eigenvalue weighted by molar-refractivity contribution is -0.885. The van der Waals surface area contributed by atoms with Crippen molar-refractivity contribution in [3.8, 4) is 5.75 Å². The molecule has 0 aliphatic carbocycles. The largest absolute Gasteiger partial charge is 0.490 e. The summed E-state index contributed by atoms with van der Waals surface area (Å²) in [6, 6.07) is 15.8. The average molecular weight is 325 g/mol. The molecule has 0 saturated carbocycles. The normalized spacial score (nSPS) is 11.6. The second-order valence-electron chi connectivity index (χ2n) is 5.97. The standard InChI is InChI=1S/C20H24N2O2/c1-4-12-24-19-10-8-17(9-11-19)14-22(3)15-20(23)21-18-7-5-6-16(2)13-18/h4-11,13H,1,12,14-15H2,2-3H3,(H,21,23)/p+1. The van der Waals surface area contributed by atoms with E-state index < -0.39 is 0 Å². The number of hydrogen-bond donors (Lipinski definition) is 2. The number of benzene rings is 2. The maximum Gasteiger partial charge on any atom is 0.279 e. The van der Waals surface area contributed by atoms with E-state index in [1.54, 1.807) is 6.08 Å². The number of quaternary nitrogens is 1. The second kappa shape index (κ2) is 8.89. The van der Waals surface area contributed by atoms with Crippen LogP contribution in [-0.2, 0) is 11.3 Å². The molecule has 2 rings (SSSR count). The first kappa shape index (κ1) is 17.8. The summed E-state index contributed by atoms with van der Waals surface area (Å²) in [6.45, 7) is 7.34. The lowest BCUT2D eigenvalue weighted by atomic mass is 10.2. The Labute approximate surface area is 143 Å². The van der Waals surface area contributed by atoms with Crippen LogP contribution in [-0.4, -0.2) is 26.1 Å². The van der Waals surface area contributed by atoms with Crippen LogP contribution in [0.3, 0.4) is 0 Å². The predicted molar refractivity (Wildman–Crippen MR) is 97.4 cm³/mol. The maximum atomic E-state index is 12.1. The van der Waals surface area contributed by atoms with Crippen LogP contribution in [0.1, 0.15) is 11.1 Å². The molecule has 0 fully saturated rings. The number of ether oxygens (including phenoxy) is 1. The van der Waals surface area contributed by atoms with Gasteiger partial charge in [0.05, 0.1) is 7.05 Å². The van der Waals surface area contributed by atoms with Gasteiger partial charge in [-0.3, -0.25) is 4.79 Å². The molecular formula is C20H25N2O2+. The molecule has 0 heterocycles. The van der Waals surface area contributed by atoms with E-state index >= 15 is 0 Å². The molecule has 2 aromatic rings. The zero-order chi connectivity index (χ0) is 17.4. The van der Waals surface area contributed by atoms with Gasteiger partial charge in [0.1, 0.15) is 18.9 Å². The Bertz CT molecular complexity index is 680. The summed E-state index contributed by atoms with van der Waals surface area (Å²) in [6.07, 6.45) is 1.72. The Kier molecular flexibility index (Phi) is 6.58. The minimum Gasteiger partial charge on any atom is -0.490 e. The Balaban J connectivity index is 1.82. The van der Waals surface area contributed by atoms with Crippen LogP contribution >= 0.6 is 0 Å². The summed E-state index contributed by atoms with van der Waals surface area (Å²) in [7, 11) is 2.01. The van der Waals surface area contributed by atoms with E-state index in [0.717, 1.165) is 28.4 Å². The quantitative estimate of drug-likeness (QED) is 0.731. The first-order chi connectivity index (χ1) is 11.6. The number of likely N-dealkylation sites (N-methyl/N-ethyl adjacent to an activating group) is 1. The van der Waals surface area contributed by atoms with Gasteiger partial charge < -0.3 is 15.0 Å². The highest BCUT2D eigenvalue weighted by Gasteiger charge is 2.11. The van der Waals surface area contributed by atoms with Crippen LogP contribution in [0, 0.1) is 6.92 Å². The van der Waals surface area contributed by atoms with E-state index in [9.17, 15) is 4.79 Å². The molecule has 24 heavy (non-hydrogen) atoms. The van der Waals surface area contributed by atoms with Crippen LogP contribution < -0.4 is 15.0 Å². The van der Waals surface area contributed by atoms with Gasteiger partial charge in [0.15, 0.2) is 6.54 Å². The van der Waals surface area contributed by atoms with E-state index in [2.05, 4.69) is 11.9 Å². The van der Waals surface area contributed by atoms with Crippen molar-refractivity contribution in [2.45, 2.75) is 13.5 Å². The van der Waals surface area contributed by atoms with Gasteiger partial charge in [-0.05, 0) is 48.9 Å². The molecule has 0 radical (unpaired) electrons. The van der Waals surface area contributed by atoms with Crippen molar-refractivity contribution in [2.24, 2.45) is 0 Å². The summed E-state index contributed by atoms with van der Waals surface area (Å²) in [5.74, 6) is 0.845. The molecule has 2 N–H and O–H groups in total. The molecular weight excluding hydrogens is 300 g/mol. The van der Waals surface area contributed by atoms with E-state index in [1.807, 2.05) is 62.5 Å². The molecule has 0 saturated heterocycles. The van der Waals surface area contributed by atoms with E-state index in [0.29, 0.717) is 13.2 Å². The van der Waals surface area contributed by atoms with Gasteiger partial charge in [0.2, 0.25) is 0 Å². The smallest absolute Gasteiger partial charge is 0.279 e. The highest BCUT2D eigenvalue weighted by molar-refractivity contribution is 5.91. The Hall–Kier alpha value is -2.59. The molecule has 4 nitrogen and oxygen atoms in total. The average Bonchev–Trinajstić information content (AvgIpc) is 2.54. The third kappa shape index (κ3) is 5.89. The summed E-state index contributed by atoms with van der Waals surface area (Å²) in [5, 5.41) is 2.94. The van der Waals surface area contributed by atoms with Gasteiger partial charge in [-0.15, -0.1) is 0 Å². The summed E-state index contributed by atoms with van der Waals surface area (Å²) >= 11 is 0. The van der Waals surface area contributed by atoms with E-state index in [4.69, 9.17) is 4.74 Å². The number of carbonyl (C=O) groups is 1. The Morgan fingerprint density at radius 3 is 2.67 bits per heavy atom. The number of hydrogen-bond acceptors (Lipinski definition) is 2. The van der Waals surface area contributed by atoms with E-state index in [-0.39, 0.29) is 5.91 Å². The molecule has 1 atom stereocenters. The number of carbonyl (C=O) groups excluding carboxylic acids is 1.